The number of nitro benzene ring substituents is 1. The molecule has 2 aromatic heterocycles. The second-order valence-corrected chi connectivity index (χ2v) is 8.97. The van der Waals surface area contributed by atoms with Gasteiger partial charge in [0, 0.05) is 48.2 Å². The monoisotopic (exact) mass is 518 g/mol. The van der Waals surface area contributed by atoms with E-state index in [9.17, 15) is 34.7 Å². The molecule has 38 heavy (non-hydrogen) atoms. The molecule has 1 saturated heterocycles. The number of pyridine rings is 1. The standard InChI is InChI=1S/C27H26N4O7/c1-2-27(21(26(35)36)17-24(33)34)13-4-6-14-29(27)23(32)12-11-20-22-10-3-5-15-30(22)28-25(20)18-8-7-9-19(16-18)31(37)38/h3,5,7-12,15-17H,2,4,6,13-14H2,1H3,(H,33,34)(H,35,36)/b12-11?,21-17+. The van der Waals surface area contributed by atoms with E-state index in [1.807, 2.05) is 0 Å². The van der Waals surface area contributed by atoms with Crippen LogP contribution in [0.25, 0.3) is 22.9 Å². The van der Waals surface area contributed by atoms with Crippen molar-refractivity contribution in [1.29, 1.82) is 0 Å². The summed E-state index contributed by atoms with van der Waals surface area (Å²) in [5.41, 5.74) is 0.442. The van der Waals surface area contributed by atoms with Crippen LogP contribution in [0.2, 0.25) is 0 Å². The lowest BCUT2D eigenvalue weighted by molar-refractivity contribution is -0.384. The summed E-state index contributed by atoms with van der Waals surface area (Å²) >= 11 is 0. The number of carbonyl (C=O) groups is 3. The Balaban J connectivity index is 1.79. The minimum absolute atomic E-state index is 0.0991. The summed E-state index contributed by atoms with van der Waals surface area (Å²) in [6, 6.07) is 11.4. The molecule has 1 aliphatic heterocycles. The van der Waals surface area contributed by atoms with Gasteiger partial charge >= 0.3 is 11.9 Å². The van der Waals surface area contributed by atoms with Gasteiger partial charge in [0.05, 0.1) is 21.6 Å². The quantitative estimate of drug-likeness (QED) is 0.256. The maximum absolute atomic E-state index is 13.6. The fourth-order valence-corrected chi connectivity index (χ4v) is 5.12. The molecule has 3 aromatic rings. The lowest BCUT2D eigenvalue weighted by atomic mass is 9.77. The third-order valence-electron chi connectivity index (χ3n) is 6.89. The van der Waals surface area contributed by atoms with Gasteiger partial charge in [-0.2, -0.15) is 5.10 Å². The highest BCUT2D eigenvalue weighted by molar-refractivity contribution is 6.00. The van der Waals surface area contributed by atoms with Gasteiger partial charge in [-0.05, 0) is 43.9 Å². The second-order valence-electron chi connectivity index (χ2n) is 8.97. The fraction of sp³-hybridized carbons (Fsp3) is 0.259. The summed E-state index contributed by atoms with van der Waals surface area (Å²) in [7, 11) is 0. The molecule has 0 aliphatic carbocycles. The molecule has 196 valence electrons. The minimum atomic E-state index is -1.39. The van der Waals surface area contributed by atoms with E-state index in [0.717, 1.165) is 0 Å². The highest BCUT2D eigenvalue weighted by atomic mass is 16.6. The molecule has 1 atom stereocenters. The van der Waals surface area contributed by atoms with E-state index < -0.39 is 28.3 Å². The zero-order chi connectivity index (χ0) is 27.4. The van der Waals surface area contributed by atoms with Crippen molar-refractivity contribution in [2.45, 2.75) is 38.1 Å². The molecule has 2 N–H and O–H groups in total. The smallest absolute Gasteiger partial charge is 0.334 e. The van der Waals surface area contributed by atoms with Crippen molar-refractivity contribution in [2.75, 3.05) is 6.54 Å². The number of rotatable bonds is 8. The summed E-state index contributed by atoms with van der Waals surface area (Å²) < 4.78 is 1.60. The molecule has 1 aliphatic rings. The zero-order valence-electron chi connectivity index (χ0n) is 20.6. The third kappa shape index (κ3) is 4.90. The molecule has 0 spiro atoms. The number of fused-ring (bicyclic) bond motifs is 1. The number of nitro groups is 1. The number of hydrogen-bond donors (Lipinski definition) is 2. The average Bonchev–Trinajstić information content (AvgIpc) is 3.28. The Labute approximate surface area is 217 Å². The number of benzene rings is 1. The number of carbonyl (C=O) groups excluding carboxylic acids is 1. The lowest BCUT2D eigenvalue weighted by Gasteiger charge is -2.47. The Bertz CT molecular complexity index is 1490. The van der Waals surface area contributed by atoms with Crippen molar-refractivity contribution >= 4 is 35.1 Å². The van der Waals surface area contributed by atoms with Gasteiger partial charge in [0.25, 0.3) is 5.69 Å². The summed E-state index contributed by atoms with van der Waals surface area (Å²) in [6.45, 7) is 2.01. The highest BCUT2D eigenvalue weighted by Gasteiger charge is 2.45. The van der Waals surface area contributed by atoms with Crippen LogP contribution in [-0.4, -0.2) is 59.6 Å². The van der Waals surface area contributed by atoms with Crippen LogP contribution in [0.4, 0.5) is 5.69 Å². The first-order chi connectivity index (χ1) is 18.2. The third-order valence-corrected chi connectivity index (χ3v) is 6.89. The predicted octanol–water partition coefficient (Wildman–Crippen LogP) is 4.18. The number of nitrogens with zero attached hydrogens (tertiary/aromatic N) is 4. The molecule has 1 amide bonds. The number of carboxylic acids is 2. The minimum Gasteiger partial charge on any atom is -0.478 e. The summed E-state index contributed by atoms with van der Waals surface area (Å²) in [6.07, 6.45) is 7.13. The van der Waals surface area contributed by atoms with E-state index in [1.54, 1.807) is 54.0 Å². The SMILES string of the molecule is CCC1(/C(=C/C(=O)O)C(=O)O)CCCCN1C(=O)C=Cc1c(-c2cccc([N+](=O)[O-])c2)nn2ccccc12. The summed E-state index contributed by atoms with van der Waals surface area (Å²) in [4.78, 5) is 49.3. The van der Waals surface area contributed by atoms with Crippen molar-refractivity contribution in [3.05, 3.63) is 82.1 Å². The number of hydrogen-bond acceptors (Lipinski definition) is 6. The number of piperidine rings is 1. The van der Waals surface area contributed by atoms with Crippen LogP contribution in [0.3, 0.4) is 0 Å². The molecule has 4 rings (SSSR count). The number of non-ortho nitro benzene ring substituents is 1. The molecular weight excluding hydrogens is 492 g/mol. The molecule has 1 unspecified atom stereocenters. The number of aliphatic carboxylic acids is 2. The Hall–Kier alpha value is -4.80. The zero-order valence-corrected chi connectivity index (χ0v) is 20.6. The Kier molecular flexibility index (Phi) is 7.38. The van der Waals surface area contributed by atoms with Gasteiger partial charge in [-0.1, -0.05) is 25.1 Å². The number of likely N-dealkylation sites (tertiary alicyclic amines) is 1. The topological polar surface area (TPSA) is 155 Å². The van der Waals surface area contributed by atoms with Crippen LogP contribution in [0.15, 0.2) is 66.4 Å². The van der Waals surface area contributed by atoms with Gasteiger partial charge in [0.1, 0.15) is 5.69 Å². The van der Waals surface area contributed by atoms with Gasteiger partial charge in [0.15, 0.2) is 0 Å². The van der Waals surface area contributed by atoms with Gasteiger partial charge in [0.2, 0.25) is 5.91 Å². The fourth-order valence-electron chi connectivity index (χ4n) is 5.12. The number of aromatic nitrogens is 2. The first-order valence-corrected chi connectivity index (χ1v) is 12.1. The molecule has 1 aromatic carbocycles. The molecule has 11 heteroatoms. The molecule has 11 nitrogen and oxygen atoms in total. The van der Waals surface area contributed by atoms with Gasteiger partial charge < -0.3 is 15.1 Å². The number of carboxylic acid groups (broad SMARTS) is 2. The van der Waals surface area contributed by atoms with Gasteiger partial charge in [-0.15, -0.1) is 0 Å². The van der Waals surface area contributed by atoms with Crippen molar-refractivity contribution in [3.8, 4) is 11.3 Å². The van der Waals surface area contributed by atoms with Crippen LogP contribution in [0, 0.1) is 10.1 Å². The van der Waals surface area contributed by atoms with Crippen LogP contribution in [0.1, 0.15) is 38.2 Å². The Morgan fingerprint density at radius 3 is 2.63 bits per heavy atom. The first kappa shape index (κ1) is 26.3. The predicted molar refractivity (Wildman–Crippen MR) is 138 cm³/mol. The maximum atomic E-state index is 13.6. The summed E-state index contributed by atoms with van der Waals surface area (Å²) in [5, 5.41) is 35.0. The second kappa shape index (κ2) is 10.7. The number of amides is 1. The molecular formula is C27H26N4O7. The van der Waals surface area contributed by atoms with Crippen molar-refractivity contribution in [3.63, 3.8) is 0 Å². The maximum Gasteiger partial charge on any atom is 0.334 e. The molecule has 0 bridgehead atoms. The van der Waals surface area contributed by atoms with E-state index in [4.69, 9.17) is 0 Å². The van der Waals surface area contributed by atoms with Crippen molar-refractivity contribution < 1.29 is 29.5 Å². The van der Waals surface area contributed by atoms with E-state index in [-0.39, 0.29) is 24.2 Å². The van der Waals surface area contributed by atoms with Gasteiger partial charge in [-0.25, -0.2) is 14.1 Å². The van der Waals surface area contributed by atoms with Crippen LogP contribution < -0.4 is 0 Å². The molecule has 0 radical (unpaired) electrons. The largest absolute Gasteiger partial charge is 0.478 e. The van der Waals surface area contributed by atoms with Crippen molar-refractivity contribution in [2.24, 2.45) is 0 Å². The Morgan fingerprint density at radius 1 is 1.16 bits per heavy atom. The van der Waals surface area contributed by atoms with E-state index in [1.165, 1.54) is 23.1 Å². The van der Waals surface area contributed by atoms with Gasteiger partial charge in [-0.3, -0.25) is 14.9 Å². The lowest BCUT2D eigenvalue weighted by Crippen LogP contribution is -2.56. The molecule has 1 fully saturated rings. The molecule has 3 heterocycles. The van der Waals surface area contributed by atoms with Crippen LogP contribution >= 0.6 is 0 Å². The summed E-state index contributed by atoms with van der Waals surface area (Å²) in [5.74, 6) is -3.24. The molecule has 0 saturated carbocycles. The van der Waals surface area contributed by atoms with Crippen LogP contribution in [-0.2, 0) is 14.4 Å². The Morgan fingerprint density at radius 2 is 1.95 bits per heavy atom. The van der Waals surface area contributed by atoms with E-state index in [0.29, 0.717) is 47.7 Å². The van der Waals surface area contributed by atoms with Crippen LogP contribution in [0.5, 0.6) is 0 Å². The normalized spacial score (nSPS) is 18.1. The average molecular weight is 519 g/mol. The highest BCUT2D eigenvalue weighted by Crippen LogP contribution is 2.38. The van der Waals surface area contributed by atoms with E-state index in [2.05, 4.69) is 5.10 Å². The van der Waals surface area contributed by atoms with Crippen molar-refractivity contribution in [1.82, 2.24) is 14.5 Å². The first-order valence-electron chi connectivity index (χ1n) is 12.1. The van der Waals surface area contributed by atoms with E-state index >= 15 is 0 Å².